The van der Waals surface area contributed by atoms with Crippen LogP contribution in [0, 0.1) is 0 Å². The van der Waals surface area contributed by atoms with Gasteiger partial charge >= 0.3 is 0 Å². The maximum atomic E-state index is 12.8. The second-order valence-electron chi connectivity index (χ2n) is 6.71. The van der Waals surface area contributed by atoms with Gasteiger partial charge in [0.05, 0.1) is 11.7 Å². The topological polar surface area (TPSA) is 117 Å². The lowest BCUT2D eigenvalue weighted by atomic mass is 9.99. The SMILES string of the molecule is CN1C(C(=O)Nc2cc(Cl)ccc2O)CC(c2ccc3c(c2)OCO3)NS1(=O)=O. The van der Waals surface area contributed by atoms with Crippen molar-refractivity contribution in [3.8, 4) is 17.2 Å². The zero-order valence-electron chi connectivity index (χ0n) is 15.3. The zero-order chi connectivity index (χ0) is 20.8. The summed E-state index contributed by atoms with van der Waals surface area (Å²) >= 11 is 5.91. The van der Waals surface area contributed by atoms with E-state index in [1.54, 1.807) is 18.2 Å². The summed E-state index contributed by atoms with van der Waals surface area (Å²) in [5.74, 6) is 0.344. The molecule has 1 amide bonds. The fourth-order valence-electron chi connectivity index (χ4n) is 3.28. The summed E-state index contributed by atoms with van der Waals surface area (Å²) in [6.07, 6.45) is 0.169. The molecular formula is C18H18ClN3O6S. The molecule has 0 aromatic heterocycles. The van der Waals surface area contributed by atoms with Crippen molar-refractivity contribution >= 4 is 33.4 Å². The van der Waals surface area contributed by atoms with Crippen LogP contribution in [-0.2, 0) is 15.0 Å². The van der Waals surface area contributed by atoms with Gasteiger partial charge in [-0.25, -0.2) is 0 Å². The first-order valence-corrected chi connectivity index (χ1v) is 10.5. The largest absolute Gasteiger partial charge is 0.506 e. The Balaban J connectivity index is 1.60. The van der Waals surface area contributed by atoms with Crippen molar-refractivity contribution in [2.24, 2.45) is 0 Å². The number of ether oxygens (including phenoxy) is 2. The lowest BCUT2D eigenvalue weighted by Gasteiger charge is -2.36. The molecule has 4 rings (SSSR count). The Kier molecular flexibility index (Phi) is 5.03. The number of carbonyl (C=O) groups excluding carboxylic acids is 1. The molecule has 1 saturated heterocycles. The third-order valence-electron chi connectivity index (χ3n) is 4.89. The highest BCUT2D eigenvalue weighted by Gasteiger charge is 2.41. The average molecular weight is 440 g/mol. The van der Waals surface area contributed by atoms with Gasteiger partial charge in [0.15, 0.2) is 11.5 Å². The lowest BCUT2D eigenvalue weighted by molar-refractivity contribution is -0.120. The number of anilines is 1. The summed E-state index contributed by atoms with van der Waals surface area (Å²) in [7, 11) is -2.60. The number of amides is 1. The fraction of sp³-hybridized carbons (Fsp3) is 0.278. The molecule has 0 bridgehead atoms. The van der Waals surface area contributed by atoms with Crippen molar-refractivity contribution in [2.75, 3.05) is 19.2 Å². The van der Waals surface area contributed by atoms with Crippen molar-refractivity contribution in [1.29, 1.82) is 0 Å². The number of nitrogens with one attached hydrogen (secondary N) is 2. The number of nitrogens with zero attached hydrogens (tertiary/aromatic N) is 1. The minimum atomic E-state index is -3.92. The van der Waals surface area contributed by atoms with Crippen molar-refractivity contribution in [3.05, 3.63) is 47.0 Å². The molecule has 0 saturated carbocycles. The van der Waals surface area contributed by atoms with E-state index in [0.29, 0.717) is 22.1 Å². The lowest BCUT2D eigenvalue weighted by Crippen LogP contribution is -2.55. The normalized spacial score (nSPS) is 23.0. The molecule has 2 aromatic rings. The Bertz CT molecular complexity index is 1080. The van der Waals surface area contributed by atoms with E-state index < -0.39 is 28.2 Å². The van der Waals surface area contributed by atoms with E-state index in [9.17, 15) is 18.3 Å². The fourth-order valence-corrected chi connectivity index (χ4v) is 4.73. The van der Waals surface area contributed by atoms with Gasteiger partial charge in [-0.2, -0.15) is 17.4 Å². The maximum Gasteiger partial charge on any atom is 0.280 e. The molecule has 2 aliphatic heterocycles. The molecule has 2 aromatic carbocycles. The Morgan fingerprint density at radius 2 is 2.00 bits per heavy atom. The van der Waals surface area contributed by atoms with Gasteiger partial charge in [-0.05, 0) is 42.3 Å². The number of hydrogen-bond acceptors (Lipinski definition) is 6. The third kappa shape index (κ3) is 3.84. The monoisotopic (exact) mass is 439 g/mol. The average Bonchev–Trinajstić information content (AvgIpc) is 3.14. The van der Waals surface area contributed by atoms with E-state index in [2.05, 4.69) is 10.0 Å². The molecule has 2 heterocycles. The summed E-state index contributed by atoms with van der Waals surface area (Å²) in [6, 6.07) is 7.68. The maximum absolute atomic E-state index is 12.8. The summed E-state index contributed by atoms with van der Waals surface area (Å²) in [5.41, 5.74) is 0.751. The van der Waals surface area contributed by atoms with Crippen LogP contribution in [-0.4, -0.2) is 43.6 Å². The summed E-state index contributed by atoms with van der Waals surface area (Å²) in [4.78, 5) is 12.8. The molecule has 2 unspecified atom stereocenters. The molecule has 0 radical (unpaired) electrons. The molecular weight excluding hydrogens is 422 g/mol. The molecule has 9 nitrogen and oxygen atoms in total. The Hall–Kier alpha value is -2.53. The van der Waals surface area contributed by atoms with E-state index in [1.165, 1.54) is 25.2 Å². The van der Waals surface area contributed by atoms with Crippen LogP contribution in [0.3, 0.4) is 0 Å². The smallest absolute Gasteiger partial charge is 0.280 e. The predicted molar refractivity (Wildman–Crippen MR) is 105 cm³/mol. The molecule has 29 heavy (non-hydrogen) atoms. The van der Waals surface area contributed by atoms with Gasteiger partial charge in [-0.1, -0.05) is 17.7 Å². The minimum absolute atomic E-state index is 0.103. The van der Waals surface area contributed by atoms with Crippen LogP contribution in [0.15, 0.2) is 36.4 Å². The minimum Gasteiger partial charge on any atom is -0.506 e. The summed E-state index contributed by atoms with van der Waals surface area (Å²) in [6.45, 7) is 0.103. The number of rotatable bonds is 3. The van der Waals surface area contributed by atoms with E-state index >= 15 is 0 Å². The molecule has 1 fully saturated rings. The van der Waals surface area contributed by atoms with Crippen LogP contribution in [0.1, 0.15) is 18.0 Å². The van der Waals surface area contributed by atoms with Crippen molar-refractivity contribution in [3.63, 3.8) is 0 Å². The number of carbonyl (C=O) groups is 1. The van der Waals surface area contributed by atoms with Gasteiger partial charge in [0.25, 0.3) is 10.2 Å². The van der Waals surface area contributed by atoms with Gasteiger partial charge in [-0.3, -0.25) is 4.79 Å². The number of halogens is 1. The first-order valence-electron chi connectivity index (χ1n) is 8.69. The first-order chi connectivity index (χ1) is 13.7. The van der Waals surface area contributed by atoms with Crippen LogP contribution in [0.4, 0.5) is 5.69 Å². The second kappa shape index (κ2) is 7.38. The van der Waals surface area contributed by atoms with E-state index in [1.807, 2.05) is 0 Å². The summed E-state index contributed by atoms with van der Waals surface area (Å²) < 4.78 is 39.4. The van der Waals surface area contributed by atoms with E-state index in [4.69, 9.17) is 21.1 Å². The number of benzene rings is 2. The Morgan fingerprint density at radius 1 is 1.24 bits per heavy atom. The quantitative estimate of drug-likeness (QED) is 0.629. The van der Waals surface area contributed by atoms with Crippen LogP contribution < -0.4 is 19.5 Å². The van der Waals surface area contributed by atoms with Crippen LogP contribution in [0.25, 0.3) is 0 Å². The molecule has 2 atom stereocenters. The standard InChI is InChI=1S/C18H18ClN3O6S/c1-22-14(18(24)20-13-7-11(19)3-4-15(13)23)8-12(21-29(22,25)26)10-2-5-16-17(6-10)28-9-27-16/h2-7,12,14,21,23H,8-9H2,1H3,(H,20,24). The van der Waals surface area contributed by atoms with Gasteiger partial charge in [0.1, 0.15) is 11.8 Å². The zero-order valence-corrected chi connectivity index (χ0v) is 16.8. The van der Waals surface area contributed by atoms with Crippen molar-refractivity contribution in [2.45, 2.75) is 18.5 Å². The first kappa shape index (κ1) is 19.8. The number of aromatic hydroxyl groups is 1. The number of phenolic OH excluding ortho intramolecular Hbond substituents is 1. The molecule has 0 spiro atoms. The third-order valence-corrected chi connectivity index (χ3v) is 6.72. The van der Waals surface area contributed by atoms with Crippen LogP contribution >= 0.6 is 11.6 Å². The number of likely N-dealkylation sites (N-methyl/N-ethyl adjacent to an activating group) is 1. The highest BCUT2D eigenvalue weighted by atomic mass is 35.5. The number of fused-ring (bicyclic) bond motifs is 1. The highest BCUT2D eigenvalue weighted by Crippen LogP contribution is 2.37. The highest BCUT2D eigenvalue weighted by molar-refractivity contribution is 7.87. The predicted octanol–water partition coefficient (Wildman–Crippen LogP) is 1.99. The van der Waals surface area contributed by atoms with Gasteiger partial charge in [0, 0.05) is 12.1 Å². The number of phenols is 1. The molecule has 2 aliphatic rings. The van der Waals surface area contributed by atoms with Crippen LogP contribution in [0.2, 0.25) is 5.02 Å². The molecule has 154 valence electrons. The van der Waals surface area contributed by atoms with Crippen molar-refractivity contribution in [1.82, 2.24) is 9.03 Å². The van der Waals surface area contributed by atoms with Crippen molar-refractivity contribution < 1.29 is 27.8 Å². The van der Waals surface area contributed by atoms with E-state index in [0.717, 1.165) is 4.31 Å². The van der Waals surface area contributed by atoms with E-state index in [-0.39, 0.29) is 24.7 Å². The Labute approximate surface area is 172 Å². The number of hydrogen-bond donors (Lipinski definition) is 3. The molecule has 0 aliphatic carbocycles. The second-order valence-corrected chi connectivity index (χ2v) is 8.90. The summed E-state index contributed by atoms with van der Waals surface area (Å²) in [5, 5.41) is 12.8. The molecule has 3 N–H and O–H groups in total. The van der Waals surface area contributed by atoms with Crippen LogP contribution in [0.5, 0.6) is 17.2 Å². The Morgan fingerprint density at radius 3 is 2.79 bits per heavy atom. The van der Waals surface area contributed by atoms with Gasteiger partial charge in [0.2, 0.25) is 12.7 Å². The molecule has 11 heteroatoms. The van der Waals surface area contributed by atoms with Gasteiger partial charge < -0.3 is 19.9 Å². The van der Waals surface area contributed by atoms with Gasteiger partial charge in [-0.15, -0.1) is 0 Å².